The molecule has 0 bridgehead atoms. The minimum absolute atomic E-state index is 0.0231. The molecule has 2 heterocycles. The first-order chi connectivity index (χ1) is 15.4. The minimum Gasteiger partial charge on any atom is -0.379 e. The maximum absolute atomic E-state index is 14.1. The number of amides is 1. The number of morpholine rings is 1. The van der Waals surface area contributed by atoms with Gasteiger partial charge in [0.1, 0.15) is 11.6 Å². The number of nitrogens with one attached hydrogen (secondary N) is 1. The highest BCUT2D eigenvalue weighted by molar-refractivity contribution is 7.89. The molecule has 2 aromatic rings. The van der Waals surface area contributed by atoms with Crippen molar-refractivity contribution >= 4 is 27.3 Å². The first-order valence-corrected chi connectivity index (χ1v) is 12.0. The summed E-state index contributed by atoms with van der Waals surface area (Å²) in [5.74, 6) is -2.17. The van der Waals surface area contributed by atoms with Crippen LogP contribution in [0.2, 0.25) is 0 Å². The molecule has 0 spiro atoms. The summed E-state index contributed by atoms with van der Waals surface area (Å²) in [6.45, 7) is 2.52. The molecule has 0 aliphatic carbocycles. The van der Waals surface area contributed by atoms with Gasteiger partial charge in [0, 0.05) is 37.9 Å². The van der Waals surface area contributed by atoms with Gasteiger partial charge in [0.25, 0.3) is 5.91 Å². The Labute approximate surface area is 186 Å². The van der Waals surface area contributed by atoms with Gasteiger partial charge in [-0.1, -0.05) is 0 Å². The fourth-order valence-corrected chi connectivity index (χ4v) is 5.42. The molecule has 172 valence electrons. The highest BCUT2D eigenvalue weighted by Gasteiger charge is 2.29. The van der Waals surface area contributed by atoms with E-state index in [1.807, 2.05) is 4.90 Å². The average Bonchev–Trinajstić information content (AvgIpc) is 2.82. The molecular weight excluding hydrogens is 440 g/mol. The van der Waals surface area contributed by atoms with Crippen molar-refractivity contribution in [3.63, 3.8) is 0 Å². The molecule has 2 fully saturated rings. The smallest absolute Gasteiger partial charge is 0.257 e. The van der Waals surface area contributed by atoms with Crippen molar-refractivity contribution in [1.29, 1.82) is 0 Å². The van der Waals surface area contributed by atoms with Crippen LogP contribution in [0.5, 0.6) is 0 Å². The fraction of sp³-hybridized carbons (Fsp3) is 0.409. The molecule has 2 aromatic carbocycles. The number of hydrogen-bond acceptors (Lipinski definition) is 5. The minimum atomic E-state index is -3.83. The van der Waals surface area contributed by atoms with E-state index < -0.39 is 27.6 Å². The molecule has 2 aliphatic rings. The van der Waals surface area contributed by atoms with Gasteiger partial charge < -0.3 is 15.0 Å². The summed E-state index contributed by atoms with van der Waals surface area (Å²) < 4.78 is 60.5. The molecule has 4 rings (SSSR count). The van der Waals surface area contributed by atoms with E-state index in [1.54, 1.807) is 6.07 Å². The highest BCUT2D eigenvalue weighted by Crippen LogP contribution is 2.29. The summed E-state index contributed by atoms with van der Waals surface area (Å²) in [7, 11) is -3.83. The third kappa shape index (κ3) is 4.77. The molecular formula is C22H25F2N3O4S. The summed E-state index contributed by atoms with van der Waals surface area (Å²) in [5.41, 5.74) is 0.367. The van der Waals surface area contributed by atoms with Gasteiger partial charge in [-0.25, -0.2) is 17.2 Å². The normalized spacial score (nSPS) is 17.9. The average molecular weight is 466 g/mol. The van der Waals surface area contributed by atoms with Gasteiger partial charge in [-0.05, 0) is 49.6 Å². The van der Waals surface area contributed by atoms with Crippen LogP contribution in [0.1, 0.15) is 29.6 Å². The number of piperidine rings is 1. The molecule has 1 amide bonds. The summed E-state index contributed by atoms with van der Waals surface area (Å²) in [4.78, 5) is 15.1. The molecule has 32 heavy (non-hydrogen) atoms. The number of rotatable bonds is 5. The van der Waals surface area contributed by atoms with Crippen LogP contribution in [0, 0.1) is 11.6 Å². The molecule has 2 aliphatic heterocycles. The Kier molecular flexibility index (Phi) is 6.73. The van der Waals surface area contributed by atoms with Crippen LogP contribution in [0.15, 0.2) is 41.3 Å². The molecule has 7 nitrogen and oxygen atoms in total. The number of benzene rings is 2. The van der Waals surface area contributed by atoms with Crippen LogP contribution < -0.4 is 10.2 Å². The SMILES string of the molecule is O=C(Nc1cc(F)ccc1F)c1cc(S(=O)(=O)N2CCOCC2)ccc1N1CCCCC1. The molecule has 0 unspecified atom stereocenters. The van der Waals surface area contributed by atoms with Gasteiger partial charge in [-0.2, -0.15) is 4.31 Å². The lowest BCUT2D eigenvalue weighted by Gasteiger charge is -2.31. The molecule has 0 atom stereocenters. The van der Waals surface area contributed by atoms with E-state index in [4.69, 9.17) is 4.74 Å². The highest BCUT2D eigenvalue weighted by atomic mass is 32.2. The van der Waals surface area contributed by atoms with Crippen LogP contribution in [-0.2, 0) is 14.8 Å². The van der Waals surface area contributed by atoms with Crippen molar-refractivity contribution in [3.8, 4) is 0 Å². The third-order valence-electron chi connectivity index (χ3n) is 5.69. The summed E-state index contributed by atoms with van der Waals surface area (Å²) in [6.07, 6.45) is 2.98. The topological polar surface area (TPSA) is 79.0 Å². The monoisotopic (exact) mass is 465 g/mol. The first kappa shape index (κ1) is 22.6. The van der Waals surface area contributed by atoms with E-state index in [0.29, 0.717) is 18.9 Å². The molecule has 0 saturated carbocycles. The Morgan fingerprint density at radius 1 is 0.938 bits per heavy atom. The van der Waals surface area contributed by atoms with Crippen LogP contribution in [0.3, 0.4) is 0 Å². The van der Waals surface area contributed by atoms with E-state index in [9.17, 15) is 22.0 Å². The van der Waals surface area contributed by atoms with Crippen LogP contribution in [0.4, 0.5) is 20.2 Å². The number of carbonyl (C=O) groups excluding carboxylic acids is 1. The number of halogens is 2. The number of carbonyl (C=O) groups is 1. The number of hydrogen-bond donors (Lipinski definition) is 1. The van der Waals surface area contributed by atoms with Gasteiger partial charge in [-0.15, -0.1) is 0 Å². The fourth-order valence-electron chi connectivity index (χ4n) is 3.99. The lowest BCUT2D eigenvalue weighted by Crippen LogP contribution is -2.40. The second kappa shape index (κ2) is 9.51. The zero-order valence-electron chi connectivity index (χ0n) is 17.5. The molecule has 0 radical (unpaired) electrons. The first-order valence-electron chi connectivity index (χ1n) is 10.6. The van der Waals surface area contributed by atoms with E-state index in [0.717, 1.165) is 50.6 Å². The largest absolute Gasteiger partial charge is 0.379 e. The second-order valence-electron chi connectivity index (χ2n) is 7.82. The lowest BCUT2D eigenvalue weighted by molar-refractivity contribution is 0.0730. The zero-order valence-corrected chi connectivity index (χ0v) is 18.3. The van der Waals surface area contributed by atoms with E-state index >= 15 is 0 Å². The number of anilines is 2. The van der Waals surface area contributed by atoms with Crippen molar-refractivity contribution in [2.24, 2.45) is 0 Å². The maximum Gasteiger partial charge on any atom is 0.257 e. The molecule has 10 heteroatoms. The predicted octanol–water partition coefficient (Wildman–Crippen LogP) is 3.23. The van der Waals surface area contributed by atoms with Crippen molar-refractivity contribution in [3.05, 3.63) is 53.6 Å². The third-order valence-corrected chi connectivity index (χ3v) is 7.59. The summed E-state index contributed by atoms with van der Waals surface area (Å²) >= 11 is 0. The van der Waals surface area contributed by atoms with Crippen LogP contribution in [0.25, 0.3) is 0 Å². The number of nitrogens with zero attached hydrogens (tertiary/aromatic N) is 2. The predicted molar refractivity (Wildman–Crippen MR) is 116 cm³/mol. The maximum atomic E-state index is 14.1. The number of ether oxygens (including phenoxy) is 1. The van der Waals surface area contributed by atoms with Crippen molar-refractivity contribution < 1.29 is 26.7 Å². The Morgan fingerprint density at radius 2 is 1.66 bits per heavy atom. The standard InChI is InChI=1S/C22H25F2N3O4S/c23-16-4-6-19(24)20(14-16)25-22(28)18-15-17(32(29,30)27-10-12-31-13-11-27)5-7-21(18)26-8-2-1-3-9-26/h4-7,14-15H,1-3,8-13H2,(H,25,28). The van der Waals surface area contributed by atoms with Crippen molar-refractivity contribution in [2.45, 2.75) is 24.2 Å². The zero-order chi connectivity index (χ0) is 22.7. The van der Waals surface area contributed by atoms with E-state index in [1.165, 1.54) is 16.4 Å². The van der Waals surface area contributed by atoms with Gasteiger partial charge in [0.05, 0.1) is 29.4 Å². The quantitative estimate of drug-likeness (QED) is 0.734. The van der Waals surface area contributed by atoms with Gasteiger partial charge in [0.2, 0.25) is 10.0 Å². The van der Waals surface area contributed by atoms with Crippen LogP contribution in [-0.4, -0.2) is 58.0 Å². The second-order valence-corrected chi connectivity index (χ2v) is 9.76. The van der Waals surface area contributed by atoms with E-state index in [2.05, 4.69) is 5.32 Å². The molecule has 0 aromatic heterocycles. The Hall–Kier alpha value is -2.56. The lowest BCUT2D eigenvalue weighted by atomic mass is 10.1. The Morgan fingerprint density at radius 3 is 2.38 bits per heavy atom. The van der Waals surface area contributed by atoms with Gasteiger partial charge >= 0.3 is 0 Å². The summed E-state index contributed by atoms with van der Waals surface area (Å²) in [6, 6.07) is 7.21. The van der Waals surface area contributed by atoms with E-state index in [-0.39, 0.29) is 29.2 Å². The van der Waals surface area contributed by atoms with Crippen LogP contribution >= 0.6 is 0 Å². The summed E-state index contributed by atoms with van der Waals surface area (Å²) in [5, 5.41) is 2.40. The number of sulfonamides is 1. The van der Waals surface area contributed by atoms with Crippen molar-refractivity contribution in [2.75, 3.05) is 49.6 Å². The van der Waals surface area contributed by atoms with Crippen molar-refractivity contribution in [1.82, 2.24) is 4.31 Å². The van der Waals surface area contributed by atoms with Gasteiger partial charge in [0.15, 0.2) is 0 Å². The molecule has 1 N–H and O–H groups in total. The molecule has 2 saturated heterocycles. The Bertz CT molecular complexity index is 1100. The van der Waals surface area contributed by atoms with Gasteiger partial charge in [-0.3, -0.25) is 4.79 Å². The Balaban J connectivity index is 1.72.